The minimum atomic E-state index is 0.384. The van der Waals surface area contributed by atoms with Gasteiger partial charge in [-0.25, -0.2) is 0 Å². The van der Waals surface area contributed by atoms with Gasteiger partial charge in [0, 0.05) is 18.3 Å². The van der Waals surface area contributed by atoms with Gasteiger partial charge in [-0.05, 0) is 62.9 Å². The summed E-state index contributed by atoms with van der Waals surface area (Å²) in [4.78, 5) is 2.23. The third kappa shape index (κ3) is 6.00. The molecule has 0 heterocycles. The highest BCUT2D eigenvalue weighted by atomic mass is 32.1. The van der Waals surface area contributed by atoms with Crippen LogP contribution in [0, 0.1) is 6.92 Å². The third-order valence-electron chi connectivity index (χ3n) is 3.82. The molecule has 2 rings (SSSR count). The second kappa shape index (κ2) is 8.65. The summed E-state index contributed by atoms with van der Waals surface area (Å²) in [7, 11) is 4.21. The van der Waals surface area contributed by atoms with Gasteiger partial charge < -0.3 is 15.5 Å². The molecule has 1 atom stereocenters. The number of likely N-dealkylation sites (N-methyl/N-ethyl adjacent to an activating group) is 1. The fourth-order valence-electron chi connectivity index (χ4n) is 2.43. The molecule has 0 saturated heterocycles. The van der Waals surface area contributed by atoms with E-state index in [9.17, 15) is 0 Å². The molecule has 4 heteroatoms. The third-order valence-corrected chi connectivity index (χ3v) is 4.07. The normalized spacial score (nSPS) is 12.0. The van der Waals surface area contributed by atoms with Crippen molar-refractivity contribution in [3.05, 3.63) is 65.7 Å². The van der Waals surface area contributed by atoms with E-state index in [0.717, 1.165) is 18.7 Å². The SMILES string of the molecule is Cc1cccc(NC(=S)NC[C@H](Cc2ccccc2)N(C)C)c1. The van der Waals surface area contributed by atoms with Crippen molar-refractivity contribution in [2.24, 2.45) is 0 Å². The minimum Gasteiger partial charge on any atom is -0.361 e. The van der Waals surface area contributed by atoms with Crippen LogP contribution in [0.4, 0.5) is 5.69 Å². The quantitative estimate of drug-likeness (QED) is 0.795. The Morgan fingerprint density at radius 2 is 1.83 bits per heavy atom. The molecule has 0 aromatic heterocycles. The maximum absolute atomic E-state index is 5.41. The number of thiocarbonyl (C=S) groups is 1. The summed E-state index contributed by atoms with van der Waals surface area (Å²) in [5.74, 6) is 0. The Hall–Kier alpha value is -1.91. The summed E-state index contributed by atoms with van der Waals surface area (Å²) < 4.78 is 0. The van der Waals surface area contributed by atoms with Gasteiger partial charge in [0.15, 0.2) is 5.11 Å². The number of aryl methyl sites for hydroxylation is 1. The Morgan fingerprint density at radius 1 is 1.09 bits per heavy atom. The summed E-state index contributed by atoms with van der Waals surface area (Å²) in [5.41, 5.74) is 3.57. The largest absolute Gasteiger partial charge is 0.361 e. The Labute approximate surface area is 144 Å². The van der Waals surface area contributed by atoms with Crippen LogP contribution in [0.25, 0.3) is 0 Å². The fourth-order valence-corrected chi connectivity index (χ4v) is 2.63. The van der Waals surface area contributed by atoms with E-state index in [-0.39, 0.29) is 0 Å². The lowest BCUT2D eigenvalue weighted by Crippen LogP contribution is -2.42. The number of benzene rings is 2. The van der Waals surface area contributed by atoms with E-state index < -0.39 is 0 Å². The minimum absolute atomic E-state index is 0.384. The van der Waals surface area contributed by atoms with Crippen molar-refractivity contribution in [1.29, 1.82) is 0 Å². The summed E-state index contributed by atoms with van der Waals surface area (Å²) >= 11 is 5.41. The first-order chi connectivity index (χ1) is 11.0. The Balaban J connectivity index is 1.87. The van der Waals surface area contributed by atoms with Gasteiger partial charge in [0.2, 0.25) is 0 Å². The molecule has 0 radical (unpaired) electrons. The molecule has 23 heavy (non-hydrogen) atoms. The van der Waals surface area contributed by atoms with Crippen molar-refractivity contribution in [3.63, 3.8) is 0 Å². The monoisotopic (exact) mass is 327 g/mol. The first-order valence-electron chi connectivity index (χ1n) is 7.86. The molecule has 0 aliphatic carbocycles. The first kappa shape index (κ1) is 17.4. The lowest BCUT2D eigenvalue weighted by molar-refractivity contribution is 0.291. The van der Waals surface area contributed by atoms with Gasteiger partial charge in [0.1, 0.15) is 0 Å². The highest BCUT2D eigenvalue weighted by Crippen LogP contribution is 2.10. The van der Waals surface area contributed by atoms with E-state index in [1.807, 2.05) is 18.2 Å². The van der Waals surface area contributed by atoms with Crippen molar-refractivity contribution in [1.82, 2.24) is 10.2 Å². The second-order valence-electron chi connectivity index (χ2n) is 6.01. The average Bonchev–Trinajstić information content (AvgIpc) is 2.52. The average molecular weight is 327 g/mol. The molecule has 0 aliphatic rings. The molecule has 0 fully saturated rings. The van der Waals surface area contributed by atoms with Crippen molar-refractivity contribution < 1.29 is 0 Å². The topological polar surface area (TPSA) is 27.3 Å². The maximum atomic E-state index is 5.41. The van der Waals surface area contributed by atoms with Crippen LogP contribution >= 0.6 is 12.2 Å². The summed E-state index contributed by atoms with van der Waals surface area (Å²) in [6.07, 6.45) is 0.994. The van der Waals surface area contributed by atoms with Crippen LogP contribution in [0.5, 0.6) is 0 Å². The van der Waals surface area contributed by atoms with Crippen molar-refractivity contribution in [2.75, 3.05) is 26.0 Å². The molecule has 0 saturated carbocycles. The number of hydrogen-bond donors (Lipinski definition) is 2. The van der Waals surface area contributed by atoms with Crippen LogP contribution in [-0.4, -0.2) is 36.7 Å². The van der Waals surface area contributed by atoms with E-state index in [1.54, 1.807) is 0 Å². The lowest BCUT2D eigenvalue weighted by Gasteiger charge is -2.25. The van der Waals surface area contributed by atoms with Crippen molar-refractivity contribution in [3.8, 4) is 0 Å². The van der Waals surface area contributed by atoms with Gasteiger partial charge in [-0.15, -0.1) is 0 Å². The van der Waals surface area contributed by atoms with Gasteiger partial charge in [-0.2, -0.15) is 0 Å². The molecule has 2 N–H and O–H groups in total. The molecule has 0 aliphatic heterocycles. The van der Waals surface area contributed by atoms with E-state index in [0.29, 0.717) is 11.2 Å². The van der Waals surface area contributed by atoms with E-state index in [4.69, 9.17) is 12.2 Å². The fraction of sp³-hybridized carbons (Fsp3) is 0.316. The summed E-state index contributed by atoms with van der Waals surface area (Å²) in [6.45, 7) is 2.88. The standard InChI is InChI=1S/C19H25N3S/c1-15-8-7-11-17(12-15)21-19(23)20-14-18(22(2)3)13-16-9-5-4-6-10-16/h4-12,18H,13-14H2,1-3H3,(H2,20,21,23)/t18-/m0/s1. The first-order valence-corrected chi connectivity index (χ1v) is 8.27. The number of nitrogens with one attached hydrogen (secondary N) is 2. The number of nitrogens with zero attached hydrogens (tertiary/aromatic N) is 1. The Morgan fingerprint density at radius 3 is 2.48 bits per heavy atom. The van der Waals surface area contributed by atoms with E-state index >= 15 is 0 Å². The van der Waals surface area contributed by atoms with Gasteiger partial charge in [0.25, 0.3) is 0 Å². The van der Waals surface area contributed by atoms with Crippen LogP contribution in [0.1, 0.15) is 11.1 Å². The zero-order valence-electron chi connectivity index (χ0n) is 14.0. The van der Waals surface area contributed by atoms with E-state index in [2.05, 4.69) is 73.0 Å². The molecule has 2 aromatic carbocycles. The highest BCUT2D eigenvalue weighted by molar-refractivity contribution is 7.80. The van der Waals surface area contributed by atoms with Crippen LogP contribution in [0.2, 0.25) is 0 Å². The van der Waals surface area contributed by atoms with Crippen LogP contribution in [0.3, 0.4) is 0 Å². The zero-order chi connectivity index (χ0) is 16.7. The predicted molar refractivity (Wildman–Crippen MR) is 103 cm³/mol. The van der Waals surface area contributed by atoms with Gasteiger partial charge in [-0.1, -0.05) is 42.5 Å². The Bertz CT molecular complexity index is 626. The maximum Gasteiger partial charge on any atom is 0.170 e. The molecular formula is C19H25N3S. The molecule has 0 spiro atoms. The van der Waals surface area contributed by atoms with Gasteiger partial charge in [-0.3, -0.25) is 0 Å². The molecular weight excluding hydrogens is 302 g/mol. The molecule has 2 aromatic rings. The zero-order valence-corrected chi connectivity index (χ0v) is 14.9. The molecule has 0 bridgehead atoms. The second-order valence-corrected chi connectivity index (χ2v) is 6.42. The number of anilines is 1. The predicted octanol–water partition coefficient (Wildman–Crippen LogP) is 3.45. The Kier molecular flexibility index (Phi) is 6.56. The van der Waals surface area contributed by atoms with Crippen molar-refractivity contribution in [2.45, 2.75) is 19.4 Å². The van der Waals surface area contributed by atoms with Crippen molar-refractivity contribution >= 4 is 23.0 Å². The number of rotatable bonds is 6. The van der Waals surface area contributed by atoms with E-state index in [1.165, 1.54) is 11.1 Å². The molecule has 0 unspecified atom stereocenters. The van der Waals surface area contributed by atoms with Crippen LogP contribution in [-0.2, 0) is 6.42 Å². The van der Waals surface area contributed by atoms with Crippen LogP contribution < -0.4 is 10.6 Å². The molecule has 0 amide bonds. The molecule has 3 nitrogen and oxygen atoms in total. The smallest absolute Gasteiger partial charge is 0.170 e. The summed E-state index contributed by atoms with van der Waals surface area (Å²) in [5, 5.41) is 7.24. The summed E-state index contributed by atoms with van der Waals surface area (Å²) in [6, 6.07) is 19.1. The van der Waals surface area contributed by atoms with Gasteiger partial charge >= 0.3 is 0 Å². The lowest BCUT2D eigenvalue weighted by atomic mass is 10.1. The van der Waals surface area contributed by atoms with Crippen LogP contribution in [0.15, 0.2) is 54.6 Å². The highest BCUT2D eigenvalue weighted by Gasteiger charge is 2.12. The van der Waals surface area contributed by atoms with Gasteiger partial charge in [0.05, 0.1) is 0 Å². The molecule has 122 valence electrons. The number of hydrogen-bond acceptors (Lipinski definition) is 2.